The number of methoxy groups -OCH3 is 3. The van der Waals surface area contributed by atoms with E-state index in [1.165, 1.54) is 0 Å². The van der Waals surface area contributed by atoms with Gasteiger partial charge in [0.1, 0.15) is 23.1 Å². The van der Waals surface area contributed by atoms with E-state index in [9.17, 15) is 0 Å². The van der Waals surface area contributed by atoms with E-state index < -0.39 is 0 Å². The molecule has 0 bridgehead atoms. The first-order chi connectivity index (χ1) is 14.1. The molecule has 0 fully saturated rings. The molecule has 0 unspecified atom stereocenters. The van der Waals surface area contributed by atoms with Gasteiger partial charge >= 0.3 is 0 Å². The Labute approximate surface area is 168 Å². The van der Waals surface area contributed by atoms with Crippen molar-refractivity contribution in [2.45, 2.75) is 6.92 Å². The summed E-state index contributed by atoms with van der Waals surface area (Å²) < 4.78 is 17.6. The lowest BCUT2D eigenvalue weighted by molar-refractivity contribution is 0.395. The van der Waals surface area contributed by atoms with E-state index in [1.807, 2.05) is 55.5 Å². The molecule has 0 amide bonds. The highest BCUT2D eigenvalue weighted by Gasteiger charge is 2.14. The largest absolute Gasteiger partial charge is 0.497 e. The molecule has 0 saturated heterocycles. The van der Waals surface area contributed by atoms with Crippen molar-refractivity contribution in [3.05, 3.63) is 54.2 Å². The fraction of sp³-hybridized carbons (Fsp3) is 0.190. The van der Waals surface area contributed by atoms with Crippen LogP contribution in [0.3, 0.4) is 0 Å². The molecule has 1 N–H and O–H groups in total. The average molecular weight is 391 g/mol. The SMILES string of the molecule is COc1ccc(-c2nc3nc(C)cc(Nc4ccc(OC)cc4OC)n3n2)cc1. The number of aromatic nitrogens is 4. The summed E-state index contributed by atoms with van der Waals surface area (Å²) in [6.07, 6.45) is 0. The van der Waals surface area contributed by atoms with E-state index in [4.69, 9.17) is 14.2 Å². The topological polar surface area (TPSA) is 82.8 Å². The fourth-order valence-electron chi connectivity index (χ4n) is 2.98. The van der Waals surface area contributed by atoms with Crippen LogP contribution in [0.25, 0.3) is 17.2 Å². The maximum absolute atomic E-state index is 5.48. The van der Waals surface area contributed by atoms with Crippen LogP contribution < -0.4 is 19.5 Å². The van der Waals surface area contributed by atoms with Crippen LogP contribution in [0.1, 0.15) is 5.69 Å². The van der Waals surface area contributed by atoms with Crippen LogP contribution >= 0.6 is 0 Å². The van der Waals surface area contributed by atoms with Crippen molar-refractivity contribution < 1.29 is 14.2 Å². The van der Waals surface area contributed by atoms with Gasteiger partial charge in [-0.25, -0.2) is 4.98 Å². The van der Waals surface area contributed by atoms with Crippen molar-refractivity contribution >= 4 is 17.3 Å². The molecular weight excluding hydrogens is 370 g/mol. The van der Waals surface area contributed by atoms with Crippen LogP contribution in [-0.4, -0.2) is 40.9 Å². The molecule has 0 radical (unpaired) electrons. The highest BCUT2D eigenvalue weighted by Crippen LogP contribution is 2.32. The van der Waals surface area contributed by atoms with Gasteiger partial charge in [0.05, 0.1) is 27.0 Å². The third kappa shape index (κ3) is 3.64. The molecule has 4 rings (SSSR count). The Morgan fingerprint density at radius 3 is 2.24 bits per heavy atom. The minimum atomic E-state index is 0.505. The second-order valence-electron chi connectivity index (χ2n) is 6.35. The zero-order valence-corrected chi connectivity index (χ0v) is 16.6. The molecule has 2 aromatic carbocycles. The second kappa shape index (κ2) is 7.67. The molecule has 29 heavy (non-hydrogen) atoms. The molecule has 0 saturated carbocycles. The van der Waals surface area contributed by atoms with Crippen molar-refractivity contribution in [1.82, 2.24) is 19.6 Å². The van der Waals surface area contributed by atoms with Crippen molar-refractivity contribution in [2.24, 2.45) is 0 Å². The number of hydrogen-bond donors (Lipinski definition) is 1. The number of hydrogen-bond acceptors (Lipinski definition) is 7. The lowest BCUT2D eigenvalue weighted by Crippen LogP contribution is -2.04. The van der Waals surface area contributed by atoms with E-state index in [0.717, 1.165) is 28.5 Å². The molecule has 0 atom stereocenters. The predicted octanol–water partition coefficient (Wildman–Crippen LogP) is 3.87. The highest BCUT2D eigenvalue weighted by molar-refractivity contribution is 5.68. The molecule has 148 valence electrons. The van der Waals surface area contributed by atoms with Gasteiger partial charge in [0.25, 0.3) is 5.78 Å². The molecule has 0 aliphatic heterocycles. The van der Waals surface area contributed by atoms with Crippen molar-refractivity contribution in [1.29, 1.82) is 0 Å². The number of nitrogens with zero attached hydrogens (tertiary/aromatic N) is 4. The van der Waals surface area contributed by atoms with E-state index in [-0.39, 0.29) is 0 Å². The maximum Gasteiger partial charge on any atom is 0.254 e. The summed E-state index contributed by atoms with van der Waals surface area (Å²) in [5, 5.41) is 8.00. The minimum absolute atomic E-state index is 0.505. The number of anilines is 2. The van der Waals surface area contributed by atoms with Gasteiger partial charge in [-0.15, -0.1) is 5.10 Å². The van der Waals surface area contributed by atoms with Crippen LogP contribution in [0.4, 0.5) is 11.5 Å². The number of fused-ring (bicyclic) bond motifs is 1. The Morgan fingerprint density at radius 1 is 0.828 bits per heavy atom. The van der Waals surface area contributed by atoms with Crippen LogP contribution in [0.5, 0.6) is 17.2 Å². The van der Waals surface area contributed by atoms with Crippen molar-refractivity contribution in [3.63, 3.8) is 0 Å². The molecule has 2 aromatic heterocycles. The van der Waals surface area contributed by atoms with Gasteiger partial charge in [-0.1, -0.05) is 0 Å². The number of ether oxygens (including phenoxy) is 3. The van der Waals surface area contributed by atoms with Gasteiger partial charge in [-0.2, -0.15) is 9.50 Å². The molecule has 8 heteroatoms. The van der Waals surface area contributed by atoms with Crippen LogP contribution in [0.2, 0.25) is 0 Å². The molecule has 0 spiro atoms. The number of benzene rings is 2. The van der Waals surface area contributed by atoms with Crippen molar-refractivity contribution in [3.8, 4) is 28.6 Å². The Kier molecular flexibility index (Phi) is 4.90. The summed E-state index contributed by atoms with van der Waals surface area (Å²) >= 11 is 0. The maximum atomic E-state index is 5.48. The Hall–Kier alpha value is -3.81. The summed E-state index contributed by atoms with van der Waals surface area (Å²) in [6.45, 7) is 1.91. The predicted molar refractivity (Wildman–Crippen MR) is 110 cm³/mol. The van der Waals surface area contributed by atoms with Crippen LogP contribution in [0, 0.1) is 6.92 Å². The molecule has 0 aliphatic carbocycles. The Bertz CT molecular complexity index is 1160. The summed E-state index contributed by atoms with van der Waals surface area (Å²) in [7, 11) is 4.87. The first-order valence-electron chi connectivity index (χ1n) is 8.99. The lowest BCUT2D eigenvalue weighted by atomic mass is 10.2. The van der Waals surface area contributed by atoms with Gasteiger partial charge in [-0.3, -0.25) is 0 Å². The average Bonchev–Trinajstić information content (AvgIpc) is 3.18. The number of rotatable bonds is 6. The standard InChI is InChI=1S/C21H21N5O3/c1-13-11-19(23-17-10-9-16(28-3)12-18(17)29-4)26-21(22-13)24-20(25-26)14-5-7-15(27-2)8-6-14/h5-12,23H,1-4H3. The summed E-state index contributed by atoms with van der Waals surface area (Å²) in [6, 6.07) is 15.1. The zero-order chi connectivity index (χ0) is 20.4. The Morgan fingerprint density at radius 2 is 1.55 bits per heavy atom. The number of aryl methyl sites for hydroxylation is 1. The van der Waals surface area contributed by atoms with Gasteiger partial charge in [0, 0.05) is 23.4 Å². The van der Waals surface area contributed by atoms with Gasteiger partial charge in [-0.05, 0) is 43.3 Å². The normalized spacial score (nSPS) is 10.8. The van der Waals surface area contributed by atoms with E-state index in [2.05, 4.69) is 20.4 Å². The zero-order valence-electron chi connectivity index (χ0n) is 16.6. The summed E-state index contributed by atoms with van der Waals surface area (Å²) in [4.78, 5) is 9.08. The van der Waals surface area contributed by atoms with E-state index in [1.54, 1.807) is 25.8 Å². The summed E-state index contributed by atoms with van der Waals surface area (Å²) in [5.74, 6) is 3.96. The third-order valence-corrected chi connectivity index (χ3v) is 4.46. The molecule has 2 heterocycles. The quantitative estimate of drug-likeness (QED) is 0.534. The highest BCUT2D eigenvalue weighted by atomic mass is 16.5. The third-order valence-electron chi connectivity index (χ3n) is 4.46. The van der Waals surface area contributed by atoms with Crippen molar-refractivity contribution in [2.75, 3.05) is 26.6 Å². The first kappa shape index (κ1) is 18.5. The molecule has 8 nitrogen and oxygen atoms in total. The van der Waals surface area contributed by atoms with E-state index in [0.29, 0.717) is 23.1 Å². The second-order valence-corrected chi connectivity index (χ2v) is 6.35. The lowest BCUT2D eigenvalue weighted by Gasteiger charge is -2.13. The van der Waals surface area contributed by atoms with Gasteiger partial charge in [0.15, 0.2) is 5.82 Å². The molecule has 0 aliphatic rings. The molecular formula is C21H21N5O3. The van der Waals surface area contributed by atoms with E-state index >= 15 is 0 Å². The smallest absolute Gasteiger partial charge is 0.254 e. The Balaban J connectivity index is 1.75. The fourth-order valence-corrected chi connectivity index (χ4v) is 2.98. The monoisotopic (exact) mass is 391 g/mol. The molecule has 4 aromatic rings. The minimum Gasteiger partial charge on any atom is -0.497 e. The van der Waals surface area contributed by atoms with Gasteiger partial charge in [0.2, 0.25) is 0 Å². The number of nitrogens with one attached hydrogen (secondary N) is 1. The first-order valence-corrected chi connectivity index (χ1v) is 8.99. The van der Waals surface area contributed by atoms with Crippen LogP contribution in [0.15, 0.2) is 48.5 Å². The van der Waals surface area contributed by atoms with Crippen LogP contribution in [-0.2, 0) is 0 Å². The van der Waals surface area contributed by atoms with Gasteiger partial charge < -0.3 is 19.5 Å². The summed E-state index contributed by atoms with van der Waals surface area (Å²) in [5.41, 5.74) is 2.48.